The molecule has 0 saturated heterocycles. The van der Waals surface area contributed by atoms with E-state index < -0.39 is 0 Å². The van der Waals surface area contributed by atoms with Crippen molar-refractivity contribution in [1.29, 1.82) is 0 Å². The maximum Gasteiger partial charge on any atom is 0.127 e. The molecule has 0 radical (unpaired) electrons. The lowest BCUT2D eigenvalue weighted by atomic mass is 10.1. The Morgan fingerprint density at radius 2 is 2.18 bits per heavy atom. The average molecular weight is 231 g/mol. The van der Waals surface area contributed by atoms with Gasteiger partial charge in [0.25, 0.3) is 0 Å². The Labute approximate surface area is 98.9 Å². The topological polar surface area (TPSA) is 54.7 Å². The van der Waals surface area contributed by atoms with Gasteiger partial charge in [-0.15, -0.1) is 0 Å². The molecule has 2 aromatic rings. The second kappa shape index (κ2) is 3.40. The molecule has 88 valence electrons. The van der Waals surface area contributed by atoms with Crippen molar-refractivity contribution in [3.63, 3.8) is 0 Å². The molecule has 3 N–H and O–H groups in total. The van der Waals surface area contributed by atoms with Gasteiger partial charge >= 0.3 is 0 Å². The summed E-state index contributed by atoms with van der Waals surface area (Å²) in [5.74, 6) is 0.564. The van der Waals surface area contributed by atoms with Crippen LogP contribution in [-0.2, 0) is 5.54 Å². The van der Waals surface area contributed by atoms with Crippen LogP contribution in [-0.4, -0.2) is 9.97 Å². The molecule has 1 aliphatic carbocycles. The van der Waals surface area contributed by atoms with Crippen molar-refractivity contribution in [2.24, 2.45) is 5.73 Å². The first-order chi connectivity index (χ1) is 8.08. The molecule has 0 bridgehead atoms. The molecule has 1 fully saturated rings. The van der Waals surface area contributed by atoms with E-state index in [0.717, 1.165) is 35.6 Å². The number of benzene rings is 1. The summed E-state index contributed by atoms with van der Waals surface area (Å²) in [5, 5.41) is 0. The molecule has 3 nitrogen and oxygen atoms in total. The molecule has 0 amide bonds. The van der Waals surface area contributed by atoms with Crippen LogP contribution in [0.25, 0.3) is 11.3 Å². The molecule has 1 aromatic heterocycles. The zero-order valence-electron chi connectivity index (χ0n) is 9.63. The number of nitrogens with two attached hydrogens (primary N) is 1. The van der Waals surface area contributed by atoms with Gasteiger partial charge in [-0.2, -0.15) is 0 Å². The molecule has 1 aliphatic rings. The van der Waals surface area contributed by atoms with Gasteiger partial charge in [-0.25, -0.2) is 9.37 Å². The highest BCUT2D eigenvalue weighted by Crippen LogP contribution is 2.42. The summed E-state index contributed by atoms with van der Waals surface area (Å²) in [4.78, 5) is 7.71. The summed E-state index contributed by atoms with van der Waals surface area (Å²) in [6.45, 7) is 1.93. The Hall–Kier alpha value is -1.68. The van der Waals surface area contributed by atoms with Crippen molar-refractivity contribution in [2.45, 2.75) is 25.3 Å². The van der Waals surface area contributed by atoms with E-state index in [1.165, 1.54) is 12.1 Å². The van der Waals surface area contributed by atoms with Crippen LogP contribution >= 0.6 is 0 Å². The number of aromatic amines is 1. The molecular formula is C13H14FN3. The van der Waals surface area contributed by atoms with Crippen molar-refractivity contribution < 1.29 is 4.39 Å². The van der Waals surface area contributed by atoms with Crippen LogP contribution < -0.4 is 5.73 Å². The molecule has 1 heterocycles. The normalized spacial score (nSPS) is 17.1. The van der Waals surface area contributed by atoms with Crippen LogP contribution in [0.2, 0.25) is 0 Å². The molecule has 17 heavy (non-hydrogen) atoms. The van der Waals surface area contributed by atoms with Gasteiger partial charge in [0, 0.05) is 11.3 Å². The predicted octanol–water partition coefficient (Wildman–Crippen LogP) is 2.47. The number of imidazole rings is 1. The highest BCUT2D eigenvalue weighted by molar-refractivity contribution is 5.62. The van der Waals surface area contributed by atoms with Crippen molar-refractivity contribution in [1.82, 2.24) is 9.97 Å². The van der Waals surface area contributed by atoms with Gasteiger partial charge in [-0.05, 0) is 31.9 Å². The minimum absolute atomic E-state index is 0.250. The zero-order chi connectivity index (χ0) is 12.0. The largest absolute Gasteiger partial charge is 0.344 e. The number of aromatic nitrogens is 2. The summed E-state index contributed by atoms with van der Waals surface area (Å²) in [7, 11) is 0. The number of aryl methyl sites for hydroxylation is 1. The van der Waals surface area contributed by atoms with Gasteiger partial charge in [-0.3, -0.25) is 0 Å². The number of hydrogen-bond donors (Lipinski definition) is 2. The van der Waals surface area contributed by atoms with Gasteiger partial charge in [0.05, 0.1) is 11.2 Å². The van der Waals surface area contributed by atoms with Gasteiger partial charge in [0.15, 0.2) is 0 Å². The molecule has 4 heteroatoms. The molecule has 1 saturated carbocycles. The van der Waals surface area contributed by atoms with E-state index in [4.69, 9.17) is 5.73 Å². The Balaban J connectivity index is 2.06. The van der Waals surface area contributed by atoms with E-state index in [2.05, 4.69) is 9.97 Å². The number of rotatable bonds is 2. The second-order valence-electron chi connectivity index (χ2n) is 4.73. The number of nitrogens with zero attached hydrogens (tertiary/aromatic N) is 1. The maximum atomic E-state index is 13.2. The Kier molecular flexibility index (Phi) is 2.10. The van der Waals surface area contributed by atoms with Gasteiger partial charge in [0.2, 0.25) is 0 Å². The minimum atomic E-state index is -0.281. The van der Waals surface area contributed by atoms with Crippen LogP contribution in [0.3, 0.4) is 0 Å². The van der Waals surface area contributed by atoms with Gasteiger partial charge < -0.3 is 10.7 Å². The molecule has 0 atom stereocenters. The molecular weight excluding hydrogens is 217 g/mol. The van der Waals surface area contributed by atoms with E-state index in [1.54, 1.807) is 6.07 Å². The third-order valence-corrected chi connectivity index (χ3v) is 3.24. The highest BCUT2D eigenvalue weighted by Gasteiger charge is 2.43. The quantitative estimate of drug-likeness (QED) is 0.834. The molecule has 3 rings (SSSR count). The van der Waals surface area contributed by atoms with E-state index in [-0.39, 0.29) is 11.4 Å². The highest BCUT2D eigenvalue weighted by atomic mass is 19.1. The summed E-state index contributed by atoms with van der Waals surface area (Å²) in [6, 6.07) is 6.46. The first kappa shape index (κ1) is 10.5. The van der Waals surface area contributed by atoms with Crippen LogP contribution in [0.1, 0.15) is 24.4 Å². The van der Waals surface area contributed by atoms with E-state index in [0.29, 0.717) is 0 Å². The first-order valence-corrected chi connectivity index (χ1v) is 5.70. The number of hydrogen-bond acceptors (Lipinski definition) is 2. The van der Waals surface area contributed by atoms with E-state index >= 15 is 0 Å². The van der Waals surface area contributed by atoms with Crippen LogP contribution in [0.5, 0.6) is 0 Å². The van der Waals surface area contributed by atoms with Crippen molar-refractivity contribution >= 4 is 0 Å². The SMILES string of the molecule is Cc1[nH]c(C2(N)CC2)nc1-c1cccc(F)c1. The zero-order valence-corrected chi connectivity index (χ0v) is 9.63. The third-order valence-electron chi connectivity index (χ3n) is 3.24. The predicted molar refractivity (Wildman–Crippen MR) is 63.8 cm³/mol. The number of halogens is 1. The third kappa shape index (κ3) is 1.74. The Bertz CT molecular complexity index is 570. The summed E-state index contributed by atoms with van der Waals surface area (Å²) < 4.78 is 13.2. The fraction of sp³-hybridized carbons (Fsp3) is 0.308. The lowest BCUT2D eigenvalue weighted by molar-refractivity contribution is 0.628. The first-order valence-electron chi connectivity index (χ1n) is 5.70. The summed E-state index contributed by atoms with van der Waals surface area (Å²) >= 11 is 0. The van der Waals surface area contributed by atoms with E-state index in [9.17, 15) is 4.39 Å². The second-order valence-corrected chi connectivity index (χ2v) is 4.73. The summed E-state index contributed by atoms with van der Waals surface area (Å²) in [6.07, 6.45) is 1.92. The fourth-order valence-electron chi connectivity index (χ4n) is 1.98. The lowest BCUT2D eigenvalue weighted by Crippen LogP contribution is -2.20. The number of H-pyrrole nitrogens is 1. The molecule has 0 spiro atoms. The van der Waals surface area contributed by atoms with Crippen molar-refractivity contribution in [3.05, 3.63) is 41.6 Å². The van der Waals surface area contributed by atoms with Gasteiger partial charge in [0.1, 0.15) is 11.6 Å². The Morgan fingerprint density at radius 1 is 1.41 bits per heavy atom. The molecule has 0 unspecified atom stereocenters. The number of nitrogens with one attached hydrogen (secondary N) is 1. The fourth-order valence-corrected chi connectivity index (χ4v) is 1.98. The minimum Gasteiger partial charge on any atom is -0.344 e. The van der Waals surface area contributed by atoms with E-state index in [1.807, 2.05) is 13.0 Å². The monoisotopic (exact) mass is 231 g/mol. The average Bonchev–Trinajstić information content (AvgIpc) is 2.90. The molecule has 1 aromatic carbocycles. The van der Waals surface area contributed by atoms with Crippen LogP contribution in [0, 0.1) is 12.7 Å². The summed E-state index contributed by atoms with van der Waals surface area (Å²) in [5.41, 5.74) is 8.32. The lowest BCUT2D eigenvalue weighted by Gasteiger charge is -2.02. The van der Waals surface area contributed by atoms with Crippen molar-refractivity contribution in [2.75, 3.05) is 0 Å². The maximum absolute atomic E-state index is 13.2. The standard InChI is InChI=1S/C13H14FN3/c1-8-11(9-3-2-4-10(14)7-9)17-12(16-8)13(15)5-6-13/h2-4,7H,5-6,15H2,1H3,(H,16,17). The smallest absolute Gasteiger partial charge is 0.127 e. The van der Waals surface area contributed by atoms with Crippen molar-refractivity contribution in [3.8, 4) is 11.3 Å². The van der Waals surface area contributed by atoms with Gasteiger partial charge in [-0.1, -0.05) is 12.1 Å². The molecule has 0 aliphatic heterocycles. The van der Waals surface area contributed by atoms with Crippen LogP contribution in [0.4, 0.5) is 4.39 Å². The van der Waals surface area contributed by atoms with Crippen LogP contribution in [0.15, 0.2) is 24.3 Å². The Morgan fingerprint density at radius 3 is 2.82 bits per heavy atom.